The van der Waals surface area contributed by atoms with Gasteiger partial charge in [-0.1, -0.05) is 18.6 Å². The molecule has 0 aromatic heterocycles. The van der Waals surface area contributed by atoms with Crippen molar-refractivity contribution < 1.29 is 9.47 Å². The van der Waals surface area contributed by atoms with Crippen molar-refractivity contribution in [3.05, 3.63) is 12.2 Å². The fourth-order valence-electron chi connectivity index (χ4n) is 2.22. The van der Waals surface area contributed by atoms with Gasteiger partial charge in [-0.05, 0) is 38.0 Å². The monoisotopic (exact) mass is 196 g/mol. The summed E-state index contributed by atoms with van der Waals surface area (Å²) in [5, 5.41) is 0. The van der Waals surface area contributed by atoms with E-state index in [9.17, 15) is 0 Å². The Balaban J connectivity index is 1.67. The highest BCUT2D eigenvalue weighted by Gasteiger charge is 2.17. The van der Waals surface area contributed by atoms with E-state index in [1.54, 1.807) is 0 Å². The lowest BCUT2D eigenvalue weighted by molar-refractivity contribution is -0.0494. The number of hydrogen-bond acceptors (Lipinski definition) is 2. The fraction of sp³-hybridized carbons (Fsp3) is 0.833. The van der Waals surface area contributed by atoms with Crippen LogP contribution in [0.5, 0.6) is 0 Å². The van der Waals surface area contributed by atoms with Crippen molar-refractivity contribution in [3.63, 3.8) is 0 Å². The second-order valence-electron chi connectivity index (χ2n) is 4.22. The second kappa shape index (κ2) is 5.52. The third-order valence-electron chi connectivity index (χ3n) is 3.07. The van der Waals surface area contributed by atoms with Gasteiger partial charge in [-0.25, -0.2) is 0 Å². The van der Waals surface area contributed by atoms with Gasteiger partial charge < -0.3 is 9.47 Å². The van der Waals surface area contributed by atoms with Crippen LogP contribution in [0.25, 0.3) is 0 Å². The Labute approximate surface area is 86.3 Å². The predicted molar refractivity (Wildman–Crippen MR) is 56.0 cm³/mol. The summed E-state index contributed by atoms with van der Waals surface area (Å²) in [5.74, 6) is 0.769. The molecule has 1 aliphatic heterocycles. The summed E-state index contributed by atoms with van der Waals surface area (Å²) in [7, 11) is 0. The van der Waals surface area contributed by atoms with Crippen LogP contribution in [0.2, 0.25) is 0 Å². The van der Waals surface area contributed by atoms with Gasteiger partial charge in [-0.15, -0.1) is 0 Å². The molecule has 0 saturated carbocycles. The Bertz CT molecular complexity index is 183. The van der Waals surface area contributed by atoms with Crippen molar-refractivity contribution in [3.8, 4) is 0 Å². The van der Waals surface area contributed by atoms with Crippen molar-refractivity contribution in [2.45, 2.75) is 44.8 Å². The van der Waals surface area contributed by atoms with Crippen LogP contribution in [0.4, 0.5) is 0 Å². The Morgan fingerprint density at radius 2 is 1.93 bits per heavy atom. The van der Waals surface area contributed by atoms with E-state index in [0.29, 0.717) is 0 Å². The second-order valence-corrected chi connectivity index (χ2v) is 4.22. The quantitative estimate of drug-likeness (QED) is 0.646. The van der Waals surface area contributed by atoms with Gasteiger partial charge in [0, 0.05) is 0 Å². The Kier molecular flexibility index (Phi) is 4.02. The first kappa shape index (κ1) is 10.2. The average molecular weight is 196 g/mol. The molecule has 0 amide bonds. The van der Waals surface area contributed by atoms with Gasteiger partial charge in [0.15, 0.2) is 6.29 Å². The normalized spacial score (nSPS) is 29.3. The molecule has 1 saturated heterocycles. The molecule has 2 rings (SSSR count). The summed E-state index contributed by atoms with van der Waals surface area (Å²) in [6, 6.07) is 0. The number of rotatable bonds is 3. The highest BCUT2D eigenvalue weighted by atomic mass is 16.7. The molecule has 1 atom stereocenters. The van der Waals surface area contributed by atoms with Crippen LogP contribution in [-0.2, 0) is 9.47 Å². The highest BCUT2D eigenvalue weighted by molar-refractivity contribution is 4.91. The molecule has 2 nitrogen and oxygen atoms in total. The van der Waals surface area contributed by atoms with Gasteiger partial charge in [0.25, 0.3) is 0 Å². The van der Waals surface area contributed by atoms with E-state index >= 15 is 0 Å². The summed E-state index contributed by atoms with van der Waals surface area (Å²) in [6.07, 6.45) is 12.5. The molecule has 14 heavy (non-hydrogen) atoms. The van der Waals surface area contributed by atoms with Crippen molar-refractivity contribution in [1.29, 1.82) is 0 Å². The highest BCUT2D eigenvalue weighted by Crippen LogP contribution is 2.23. The summed E-state index contributed by atoms with van der Waals surface area (Å²) in [5.41, 5.74) is 0. The van der Waals surface area contributed by atoms with Crippen LogP contribution in [0.15, 0.2) is 12.2 Å². The SMILES string of the molecule is C1=CC(CCC2OCCO2)CCCC1. The zero-order chi connectivity index (χ0) is 9.64. The summed E-state index contributed by atoms with van der Waals surface area (Å²) < 4.78 is 10.9. The van der Waals surface area contributed by atoms with Crippen LogP contribution in [0.3, 0.4) is 0 Å². The maximum atomic E-state index is 5.43. The molecule has 0 bridgehead atoms. The zero-order valence-electron chi connectivity index (χ0n) is 8.78. The third kappa shape index (κ3) is 3.10. The van der Waals surface area contributed by atoms with Gasteiger partial charge in [-0.3, -0.25) is 0 Å². The Morgan fingerprint density at radius 1 is 1.07 bits per heavy atom. The van der Waals surface area contributed by atoms with E-state index in [4.69, 9.17) is 9.47 Å². The van der Waals surface area contributed by atoms with Gasteiger partial charge in [0.2, 0.25) is 0 Å². The third-order valence-corrected chi connectivity index (χ3v) is 3.07. The molecule has 2 aliphatic rings. The zero-order valence-corrected chi connectivity index (χ0v) is 8.78. The van der Waals surface area contributed by atoms with Crippen molar-refractivity contribution in [2.75, 3.05) is 13.2 Å². The fourth-order valence-corrected chi connectivity index (χ4v) is 2.22. The lowest BCUT2D eigenvalue weighted by Crippen LogP contribution is -2.09. The first-order valence-corrected chi connectivity index (χ1v) is 5.85. The average Bonchev–Trinajstić information content (AvgIpc) is 2.58. The number of ether oxygens (including phenoxy) is 2. The first-order valence-electron chi connectivity index (χ1n) is 5.85. The molecule has 2 heteroatoms. The van der Waals surface area contributed by atoms with E-state index in [1.807, 2.05) is 0 Å². The Morgan fingerprint density at radius 3 is 2.79 bits per heavy atom. The minimum Gasteiger partial charge on any atom is -0.350 e. The van der Waals surface area contributed by atoms with Gasteiger partial charge in [0.05, 0.1) is 13.2 Å². The smallest absolute Gasteiger partial charge is 0.157 e. The van der Waals surface area contributed by atoms with Crippen LogP contribution in [0.1, 0.15) is 38.5 Å². The molecular weight excluding hydrogens is 176 g/mol. The lowest BCUT2D eigenvalue weighted by atomic mass is 9.98. The van der Waals surface area contributed by atoms with E-state index in [2.05, 4.69) is 12.2 Å². The topological polar surface area (TPSA) is 18.5 Å². The molecule has 0 aromatic rings. The maximum Gasteiger partial charge on any atom is 0.157 e. The van der Waals surface area contributed by atoms with Crippen LogP contribution >= 0.6 is 0 Å². The Hall–Kier alpha value is -0.340. The predicted octanol–water partition coefficient (Wildman–Crippen LogP) is 2.89. The minimum absolute atomic E-state index is 0.0895. The summed E-state index contributed by atoms with van der Waals surface area (Å²) in [4.78, 5) is 0. The molecule has 80 valence electrons. The molecule has 1 heterocycles. The number of allylic oxidation sites excluding steroid dienone is 2. The molecule has 1 unspecified atom stereocenters. The van der Waals surface area contributed by atoms with E-state index in [0.717, 1.165) is 25.6 Å². The minimum atomic E-state index is 0.0895. The van der Waals surface area contributed by atoms with Crippen molar-refractivity contribution in [1.82, 2.24) is 0 Å². The van der Waals surface area contributed by atoms with Gasteiger partial charge in [0.1, 0.15) is 0 Å². The van der Waals surface area contributed by atoms with Crippen molar-refractivity contribution >= 4 is 0 Å². The van der Waals surface area contributed by atoms with E-state index in [1.165, 1.54) is 32.1 Å². The van der Waals surface area contributed by atoms with Crippen molar-refractivity contribution in [2.24, 2.45) is 5.92 Å². The molecule has 0 aromatic carbocycles. The maximum absolute atomic E-state index is 5.43. The van der Waals surface area contributed by atoms with E-state index < -0.39 is 0 Å². The van der Waals surface area contributed by atoms with Gasteiger partial charge in [-0.2, -0.15) is 0 Å². The van der Waals surface area contributed by atoms with E-state index in [-0.39, 0.29) is 6.29 Å². The van der Waals surface area contributed by atoms with Crippen LogP contribution in [-0.4, -0.2) is 19.5 Å². The molecular formula is C12H20O2. The standard InChI is InChI=1S/C12H20O2/c1-2-4-6-11(5-3-1)7-8-12-13-9-10-14-12/h3,5,11-12H,1-2,4,6-10H2. The lowest BCUT2D eigenvalue weighted by Gasteiger charge is -2.13. The van der Waals surface area contributed by atoms with Gasteiger partial charge >= 0.3 is 0 Å². The summed E-state index contributed by atoms with van der Waals surface area (Å²) >= 11 is 0. The largest absolute Gasteiger partial charge is 0.350 e. The molecule has 1 aliphatic carbocycles. The molecule has 0 radical (unpaired) electrons. The summed E-state index contributed by atoms with van der Waals surface area (Å²) in [6.45, 7) is 1.57. The van der Waals surface area contributed by atoms with Crippen LogP contribution < -0.4 is 0 Å². The molecule has 0 N–H and O–H groups in total. The van der Waals surface area contributed by atoms with Crippen LogP contribution in [0, 0.1) is 5.92 Å². The molecule has 1 fully saturated rings. The first-order chi connectivity index (χ1) is 6.95. The molecule has 0 spiro atoms. The number of hydrogen-bond donors (Lipinski definition) is 0.